The summed E-state index contributed by atoms with van der Waals surface area (Å²) >= 11 is 12.1. The Morgan fingerprint density at radius 1 is 1.07 bits per heavy atom. The van der Waals surface area contributed by atoms with Crippen LogP contribution >= 0.6 is 23.2 Å². The molecule has 158 valence electrons. The fourth-order valence-electron chi connectivity index (χ4n) is 3.86. The van der Waals surface area contributed by atoms with Crippen molar-refractivity contribution in [2.75, 3.05) is 36.4 Å². The third kappa shape index (κ3) is 4.65. The van der Waals surface area contributed by atoms with Gasteiger partial charge in [0.25, 0.3) is 5.91 Å². The van der Waals surface area contributed by atoms with Crippen molar-refractivity contribution >= 4 is 46.4 Å². The van der Waals surface area contributed by atoms with Gasteiger partial charge in [-0.15, -0.1) is 0 Å². The van der Waals surface area contributed by atoms with Crippen LogP contribution < -0.4 is 15.0 Å². The molecule has 8 heteroatoms. The molecule has 2 heterocycles. The van der Waals surface area contributed by atoms with E-state index in [1.165, 1.54) is 0 Å². The van der Waals surface area contributed by atoms with E-state index >= 15 is 0 Å². The van der Waals surface area contributed by atoms with Crippen LogP contribution in [0, 0.1) is 0 Å². The maximum atomic E-state index is 13.0. The van der Waals surface area contributed by atoms with Crippen LogP contribution in [0.15, 0.2) is 42.5 Å². The van der Waals surface area contributed by atoms with Crippen molar-refractivity contribution in [3.8, 4) is 5.75 Å². The number of piperidine rings is 1. The van der Waals surface area contributed by atoms with Gasteiger partial charge in [0, 0.05) is 18.1 Å². The Morgan fingerprint density at radius 2 is 1.83 bits per heavy atom. The van der Waals surface area contributed by atoms with E-state index in [0.29, 0.717) is 28.0 Å². The zero-order valence-electron chi connectivity index (χ0n) is 16.4. The number of benzene rings is 2. The molecule has 2 aliphatic heterocycles. The van der Waals surface area contributed by atoms with Crippen molar-refractivity contribution in [3.05, 3.63) is 52.5 Å². The van der Waals surface area contributed by atoms with E-state index < -0.39 is 6.10 Å². The number of fused-ring (bicyclic) bond motifs is 1. The second-order valence-corrected chi connectivity index (χ2v) is 8.36. The minimum absolute atomic E-state index is 0.0182. The van der Waals surface area contributed by atoms with Crippen LogP contribution in [0.4, 0.5) is 11.4 Å². The van der Waals surface area contributed by atoms with Crippen molar-refractivity contribution < 1.29 is 14.3 Å². The molecule has 0 aromatic heterocycles. The first-order valence-corrected chi connectivity index (χ1v) is 10.8. The number of carbonyl (C=O) groups excluding carboxylic acids is 2. The first-order chi connectivity index (χ1) is 14.5. The van der Waals surface area contributed by atoms with Crippen LogP contribution in [-0.2, 0) is 9.59 Å². The van der Waals surface area contributed by atoms with E-state index in [1.54, 1.807) is 18.2 Å². The van der Waals surface area contributed by atoms with Crippen LogP contribution in [0.25, 0.3) is 0 Å². The Morgan fingerprint density at radius 3 is 2.60 bits per heavy atom. The lowest BCUT2D eigenvalue weighted by Gasteiger charge is -2.38. The summed E-state index contributed by atoms with van der Waals surface area (Å²) in [7, 11) is 0. The molecule has 30 heavy (non-hydrogen) atoms. The van der Waals surface area contributed by atoms with E-state index in [-0.39, 0.29) is 18.4 Å². The Hall–Kier alpha value is -2.44. The number of rotatable bonds is 4. The zero-order chi connectivity index (χ0) is 21.1. The SMILES string of the molecule is O=C(CN1CC(C(=O)N2CCCCC2)Oc2ccccc21)Nc1ccc(Cl)cc1Cl. The Kier molecular flexibility index (Phi) is 6.35. The van der Waals surface area contributed by atoms with Crippen molar-refractivity contribution in [1.82, 2.24) is 4.90 Å². The maximum absolute atomic E-state index is 13.0. The minimum Gasteiger partial charge on any atom is -0.477 e. The first-order valence-electron chi connectivity index (χ1n) is 10.1. The number of nitrogens with one attached hydrogen (secondary N) is 1. The molecular formula is C22H23Cl2N3O3. The van der Waals surface area contributed by atoms with E-state index in [0.717, 1.165) is 38.0 Å². The minimum atomic E-state index is -0.634. The van der Waals surface area contributed by atoms with Gasteiger partial charge in [-0.05, 0) is 49.6 Å². The average molecular weight is 448 g/mol. The van der Waals surface area contributed by atoms with Gasteiger partial charge in [0.2, 0.25) is 5.91 Å². The number of anilines is 2. The number of hydrogen-bond acceptors (Lipinski definition) is 4. The predicted octanol–water partition coefficient (Wildman–Crippen LogP) is 4.21. The fourth-order valence-corrected chi connectivity index (χ4v) is 4.31. The van der Waals surface area contributed by atoms with E-state index in [9.17, 15) is 9.59 Å². The van der Waals surface area contributed by atoms with Gasteiger partial charge in [-0.2, -0.15) is 0 Å². The highest BCUT2D eigenvalue weighted by atomic mass is 35.5. The number of hydrogen-bond donors (Lipinski definition) is 1. The quantitative estimate of drug-likeness (QED) is 0.762. The number of halogens is 2. The molecular weight excluding hydrogens is 425 g/mol. The smallest absolute Gasteiger partial charge is 0.265 e. The predicted molar refractivity (Wildman–Crippen MR) is 119 cm³/mol. The summed E-state index contributed by atoms with van der Waals surface area (Å²) in [6.45, 7) is 1.91. The molecule has 2 aromatic rings. The van der Waals surface area contributed by atoms with Crippen molar-refractivity contribution in [1.29, 1.82) is 0 Å². The topological polar surface area (TPSA) is 61.9 Å². The zero-order valence-corrected chi connectivity index (χ0v) is 18.0. The summed E-state index contributed by atoms with van der Waals surface area (Å²) in [6.07, 6.45) is 2.55. The molecule has 0 aliphatic carbocycles. The lowest BCUT2D eigenvalue weighted by Crippen LogP contribution is -2.52. The molecule has 6 nitrogen and oxygen atoms in total. The van der Waals surface area contributed by atoms with Crippen LogP contribution in [-0.4, -0.2) is 49.0 Å². The van der Waals surface area contributed by atoms with Gasteiger partial charge in [-0.1, -0.05) is 35.3 Å². The molecule has 1 fully saturated rings. The molecule has 0 spiro atoms. The van der Waals surface area contributed by atoms with Gasteiger partial charge in [0.05, 0.1) is 29.5 Å². The van der Waals surface area contributed by atoms with Crippen LogP contribution in [0.3, 0.4) is 0 Å². The fraction of sp³-hybridized carbons (Fsp3) is 0.364. The standard InChI is InChI=1S/C22H23Cl2N3O3/c23-15-8-9-17(16(24)12-15)25-21(28)14-27-13-20(22(29)26-10-4-1-5-11-26)30-19-7-3-2-6-18(19)27/h2-3,6-9,12,20H,1,4-5,10-11,13-14H2,(H,25,28). The summed E-state index contributed by atoms with van der Waals surface area (Å²) < 4.78 is 6.01. The maximum Gasteiger partial charge on any atom is 0.265 e. The Labute approximate surface area is 185 Å². The molecule has 1 N–H and O–H groups in total. The molecule has 4 rings (SSSR count). The summed E-state index contributed by atoms with van der Waals surface area (Å²) in [5, 5.41) is 3.69. The highest BCUT2D eigenvalue weighted by molar-refractivity contribution is 6.36. The summed E-state index contributed by atoms with van der Waals surface area (Å²) in [6, 6.07) is 12.4. The molecule has 1 unspecified atom stereocenters. The highest BCUT2D eigenvalue weighted by Crippen LogP contribution is 2.34. The van der Waals surface area contributed by atoms with Gasteiger partial charge in [0.15, 0.2) is 6.10 Å². The first kappa shape index (κ1) is 20.8. The van der Waals surface area contributed by atoms with Gasteiger partial charge in [-0.25, -0.2) is 0 Å². The Bertz CT molecular complexity index is 947. The second kappa shape index (κ2) is 9.14. The molecule has 1 atom stereocenters. The number of para-hydroxylation sites is 2. The average Bonchev–Trinajstić information content (AvgIpc) is 2.75. The largest absolute Gasteiger partial charge is 0.477 e. The van der Waals surface area contributed by atoms with Gasteiger partial charge >= 0.3 is 0 Å². The van der Waals surface area contributed by atoms with Gasteiger partial charge in [-0.3, -0.25) is 9.59 Å². The third-order valence-corrected chi connectivity index (χ3v) is 5.89. The van der Waals surface area contributed by atoms with E-state index in [4.69, 9.17) is 27.9 Å². The number of likely N-dealkylation sites (tertiary alicyclic amines) is 1. The molecule has 0 radical (unpaired) electrons. The molecule has 1 saturated heterocycles. The van der Waals surface area contributed by atoms with Crippen LogP contribution in [0.2, 0.25) is 10.0 Å². The number of carbonyl (C=O) groups is 2. The molecule has 2 aromatic carbocycles. The van der Waals surface area contributed by atoms with Crippen molar-refractivity contribution in [2.45, 2.75) is 25.4 Å². The number of ether oxygens (including phenoxy) is 1. The lowest BCUT2D eigenvalue weighted by atomic mass is 10.1. The monoisotopic (exact) mass is 447 g/mol. The normalized spacial score (nSPS) is 18.4. The number of nitrogens with zero attached hydrogens (tertiary/aromatic N) is 2. The van der Waals surface area contributed by atoms with E-state index in [1.807, 2.05) is 34.1 Å². The number of amides is 2. The van der Waals surface area contributed by atoms with E-state index in [2.05, 4.69) is 5.32 Å². The van der Waals surface area contributed by atoms with Gasteiger partial charge in [0.1, 0.15) is 5.75 Å². The van der Waals surface area contributed by atoms with Crippen LogP contribution in [0.1, 0.15) is 19.3 Å². The molecule has 0 saturated carbocycles. The molecule has 0 bridgehead atoms. The van der Waals surface area contributed by atoms with Crippen molar-refractivity contribution in [2.24, 2.45) is 0 Å². The Balaban J connectivity index is 1.49. The molecule has 2 aliphatic rings. The highest BCUT2D eigenvalue weighted by Gasteiger charge is 2.34. The van der Waals surface area contributed by atoms with Crippen molar-refractivity contribution in [3.63, 3.8) is 0 Å². The molecule has 2 amide bonds. The summed E-state index contributed by atoms with van der Waals surface area (Å²) in [5.41, 5.74) is 1.28. The van der Waals surface area contributed by atoms with Crippen LogP contribution in [0.5, 0.6) is 5.75 Å². The van der Waals surface area contributed by atoms with Gasteiger partial charge < -0.3 is 19.9 Å². The summed E-state index contributed by atoms with van der Waals surface area (Å²) in [5.74, 6) is 0.354. The summed E-state index contributed by atoms with van der Waals surface area (Å²) in [4.78, 5) is 29.5. The third-order valence-electron chi connectivity index (χ3n) is 5.34. The second-order valence-electron chi connectivity index (χ2n) is 7.51. The lowest BCUT2D eigenvalue weighted by molar-refractivity contribution is -0.139.